The summed E-state index contributed by atoms with van der Waals surface area (Å²) >= 11 is 0. The Kier molecular flexibility index (Phi) is 4.72. The van der Waals surface area contributed by atoms with Gasteiger partial charge in [0.1, 0.15) is 18.2 Å². The highest BCUT2D eigenvalue weighted by Gasteiger charge is 2.23. The van der Waals surface area contributed by atoms with E-state index < -0.39 is 5.82 Å². The molecule has 1 rings (SSSR count). The molecule has 0 unspecified atom stereocenters. The van der Waals surface area contributed by atoms with Gasteiger partial charge in [0.25, 0.3) is 0 Å². The van der Waals surface area contributed by atoms with Crippen molar-refractivity contribution < 1.29 is 14.3 Å². The van der Waals surface area contributed by atoms with Crippen molar-refractivity contribution in [1.29, 1.82) is 0 Å². The van der Waals surface area contributed by atoms with Crippen LogP contribution in [0.5, 0.6) is 5.75 Å². The molecule has 0 aliphatic rings. The summed E-state index contributed by atoms with van der Waals surface area (Å²) in [6.07, 6.45) is 0. The number of rotatable bonds is 5. The molecule has 1 aromatic carbocycles. The van der Waals surface area contributed by atoms with Crippen LogP contribution in [0.25, 0.3) is 0 Å². The molecule has 0 saturated heterocycles. The topological polar surface area (TPSA) is 71.1 Å². The smallest absolute Gasteiger partial charge is 0.176 e. The van der Waals surface area contributed by atoms with Crippen LogP contribution in [0.15, 0.2) is 23.4 Å². The maximum absolute atomic E-state index is 13.7. The number of nitrogens with two attached hydrogens (primary N) is 1. The van der Waals surface area contributed by atoms with Crippen LogP contribution in [-0.4, -0.2) is 42.2 Å². The maximum Gasteiger partial charge on any atom is 0.176 e. The Hall–Kier alpha value is -1.82. The van der Waals surface area contributed by atoms with E-state index in [0.717, 1.165) is 0 Å². The predicted octanol–water partition coefficient (Wildman–Crippen LogP) is 1.64. The Bertz CT molecular complexity index is 473. The van der Waals surface area contributed by atoms with Crippen molar-refractivity contribution in [2.24, 2.45) is 10.9 Å². The molecule has 0 bridgehead atoms. The summed E-state index contributed by atoms with van der Waals surface area (Å²) in [5.41, 5.74) is 5.21. The maximum atomic E-state index is 13.7. The molecular weight excluding hydrogens is 249 g/mol. The van der Waals surface area contributed by atoms with E-state index in [-0.39, 0.29) is 22.7 Å². The molecule has 0 atom stereocenters. The number of likely N-dealkylation sites (N-methyl/N-ethyl adjacent to an activating group) is 1. The van der Waals surface area contributed by atoms with E-state index in [9.17, 15) is 4.39 Å². The molecule has 0 spiro atoms. The molecule has 0 fully saturated rings. The van der Waals surface area contributed by atoms with Crippen LogP contribution in [0, 0.1) is 5.82 Å². The first-order valence-electron chi connectivity index (χ1n) is 5.86. The minimum Gasteiger partial charge on any atom is -0.491 e. The van der Waals surface area contributed by atoms with Crippen molar-refractivity contribution in [3.63, 3.8) is 0 Å². The van der Waals surface area contributed by atoms with Crippen LogP contribution >= 0.6 is 0 Å². The lowest BCUT2D eigenvalue weighted by Crippen LogP contribution is -2.43. The molecule has 0 saturated carbocycles. The van der Waals surface area contributed by atoms with Crippen molar-refractivity contribution in [3.05, 3.63) is 29.6 Å². The van der Waals surface area contributed by atoms with Gasteiger partial charge in [-0.25, -0.2) is 4.39 Å². The Labute approximate surface area is 112 Å². The Morgan fingerprint density at radius 2 is 2.11 bits per heavy atom. The summed E-state index contributed by atoms with van der Waals surface area (Å²) in [6.45, 7) is 4.33. The number of hydrogen-bond acceptors (Lipinski definition) is 4. The minimum absolute atomic E-state index is 0.0282. The van der Waals surface area contributed by atoms with E-state index in [4.69, 9.17) is 15.7 Å². The summed E-state index contributed by atoms with van der Waals surface area (Å²) in [7, 11) is 3.86. The fourth-order valence-corrected chi connectivity index (χ4v) is 1.31. The number of nitrogens with zero attached hydrogens (tertiary/aromatic N) is 2. The number of oxime groups is 1. The third kappa shape index (κ3) is 3.57. The second kappa shape index (κ2) is 5.88. The Morgan fingerprint density at radius 1 is 1.47 bits per heavy atom. The van der Waals surface area contributed by atoms with Crippen molar-refractivity contribution in [3.8, 4) is 5.75 Å². The molecular formula is C13H20FN3O2. The highest BCUT2D eigenvalue weighted by Crippen LogP contribution is 2.23. The van der Waals surface area contributed by atoms with Crippen LogP contribution in [-0.2, 0) is 0 Å². The van der Waals surface area contributed by atoms with E-state index in [1.54, 1.807) is 6.07 Å². The molecule has 5 nitrogen and oxygen atoms in total. The Morgan fingerprint density at radius 3 is 2.63 bits per heavy atom. The number of halogens is 1. The van der Waals surface area contributed by atoms with Gasteiger partial charge in [0, 0.05) is 5.54 Å². The summed E-state index contributed by atoms with van der Waals surface area (Å²) < 4.78 is 19.3. The molecule has 0 radical (unpaired) electrons. The van der Waals surface area contributed by atoms with Gasteiger partial charge in [-0.3, -0.25) is 0 Å². The zero-order chi connectivity index (χ0) is 14.6. The second-order valence-corrected chi connectivity index (χ2v) is 5.09. The van der Waals surface area contributed by atoms with Crippen LogP contribution in [0.1, 0.15) is 19.4 Å². The minimum atomic E-state index is -0.588. The van der Waals surface area contributed by atoms with E-state index in [0.29, 0.717) is 6.61 Å². The van der Waals surface area contributed by atoms with Crippen molar-refractivity contribution in [2.75, 3.05) is 20.7 Å². The second-order valence-electron chi connectivity index (χ2n) is 5.09. The quantitative estimate of drug-likeness (QED) is 0.369. The fraction of sp³-hybridized carbons (Fsp3) is 0.462. The lowest BCUT2D eigenvalue weighted by Gasteiger charge is -2.32. The van der Waals surface area contributed by atoms with Crippen molar-refractivity contribution in [1.82, 2.24) is 4.90 Å². The van der Waals surface area contributed by atoms with E-state index in [1.165, 1.54) is 12.1 Å². The SMILES string of the molecule is CN(C)C(C)(C)COc1cccc(F)c1C(N)=NO. The van der Waals surface area contributed by atoms with Gasteiger partial charge >= 0.3 is 0 Å². The highest BCUT2D eigenvalue weighted by molar-refractivity contribution is 5.99. The zero-order valence-corrected chi connectivity index (χ0v) is 11.6. The lowest BCUT2D eigenvalue weighted by molar-refractivity contribution is 0.113. The van der Waals surface area contributed by atoms with Gasteiger partial charge < -0.3 is 20.6 Å². The molecule has 106 valence electrons. The monoisotopic (exact) mass is 269 g/mol. The third-order valence-corrected chi connectivity index (χ3v) is 3.13. The van der Waals surface area contributed by atoms with E-state index in [1.807, 2.05) is 32.8 Å². The molecule has 0 aliphatic carbocycles. The van der Waals surface area contributed by atoms with Crippen LogP contribution in [0.3, 0.4) is 0 Å². The first-order chi connectivity index (χ1) is 8.79. The lowest BCUT2D eigenvalue weighted by atomic mass is 10.1. The van der Waals surface area contributed by atoms with Crippen molar-refractivity contribution in [2.45, 2.75) is 19.4 Å². The zero-order valence-electron chi connectivity index (χ0n) is 11.6. The molecule has 0 heterocycles. The molecule has 3 N–H and O–H groups in total. The average Bonchev–Trinajstić information content (AvgIpc) is 2.35. The van der Waals surface area contributed by atoms with Gasteiger partial charge in [0.15, 0.2) is 5.84 Å². The fourth-order valence-electron chi connectivity index (χ4n) is 1.31. The number of amidine groups is 1. The first kappa shape index (κ1) is 15.2. The van der Waals surface area contributed by atoms with Gasteiger partial charge in [-0.1, -0.05) is 11.2 Å². The molecule has 0 aliphatic heterocycles. The summed E-state index contributed by atoms with van der Waals surface area (Å²) in [5.74, 6) is -0.642. The predicted molar refractivity (Wildman–Crippen MR) is 72.2 cm³/mol. The van der Waals surface area contributed by atoms with Gasteiger partial charge in [0.2, 0.25) is 0 Å². The van der Waals surface area contributed by atoms with Gasteiger partial charge in [-0.15, -0.1) is 0 Å². The van der Waals surface area contributed by atoms with Crippen LogP contribution in [0.4, 0.5) is 4.39 Å². The first-order valence-corrected chi connectivity index (χ1v) is 5.86. The molecule has 19 heavy (non-hydrogen) atoms. The van der Waals surface area contributed by atoms with Gasteiger partial charge in [0.05, 0.1) is 5.56 Å². The Balaban J connectivity index is 3.00. The highest BCUT2D eigenvalue weighted by atomic mass is 19.1. The van der Waals surface area contributed by atoms with E-state index >= 15 is 0 Å². The number of benzene rings is 1. The van der Waals surface area contributed by atoms with E-state index in [2.05, 4.69) is 5.16 Å². The molecule has 6 heteroatoms. The molecule has 0 aromatic heterocycles. The van der Waals surface area contributed by atoms with Gasteiger partial charge in [-0.2, -0.15) is 0 Å². The summed E-state index contributed by atoms with van der Waals surface area (Å²) in [4.78, 5) is 2.00. The average molecular weight is 269 g/mol. The normalized spacial score (nSPS) is 12.8. The standard InChI is InChI=1S/C13H20FN3O2/c1-13(2,17(3)4)8-19-10-7-5-6-9(14)11(10)12(15)16-18/h5-7,18H,8H2,1-4H3,(H2,15,16). The number of ether oxygens (including phenoxy) is 1. The number of hydrogen-bond donors (Lipinski definition) is 2. The van der Waals surface area contributed by atoms with Crippen LogP contribution in [0.2, 0.25) is 0 Å². The van der Waals surface area contributed by atoms with Crippen molar-refractivity contribution >= 4 is 5.84 Å². The third-order valence-electron chi connectivity index (χ3n) is 3.13. The largest absolute Gasteiger partial charge is 0.491 e. The molecule has 0 amide bonds. The van der Waals surface area contributed by atoms with Crippen LogP contribution < -0.4 is 10.5 Å². The molecule has 1 aromatic rings. The summed E-state index contributed by atoms with van der Waals surface area (Å²) in [6, 6.07) is 4.33. The summed E-state index contributed by atoms with van der Waals surface area (Å²) in [5, 5.41) is 11.5. The van der Waals surface area contributed by atoms with Gasteiger partial charge in [-0.05, 0) is 40.1 Å².